The third-order valence-electron chi connectivity index (χ3n) is 5.89. The van der Waals surface area contributed by atoms with Crippen LogP contribution < -0.4 is 20.7 Å². The van der Waals surface area contributed by atoms with Gasteiger partial charge in [-0.15, -0.1) is 0 Å². The second kappa shape index (κ2) is 7.17. The molecular weight excluding hydrogens is 370 g/mol. The minimum absolute atomic E-state index is 0.267. The van der Waals surface area contributed by atoms with Crippen molar-refractivity contribution in [2.75, 3.05) is 17.7 Å². The Bertz CT molecular complexity index is 957. The highest BCUT2D eigenvalue weighted by atomic mass is 16.5. The number of amides is 2. The number of carbonyl (C=O) groups excluding carboxylic acids is 2. The highest BCUT2D eigenvalue weighted by Crippen LogP contribution is 2.48. The number of methoxy groups -OCH3 is 1. The molecule has 2 heterocycles. The zero-order valence-corrected chi connectivity index (χ0v) is 16.7. The van der Waals surface area contributed by atoms with Gasteiger partial charge in [-0.2, -0.15) is 0 Å². The van der Waals surface area contributed by atoms with Crippen LogP contribution in [0.1, 0.15) is 24.5 Å². The van der Waals surface area contributed by atoms with Crippen LogP contribution in [-0.2, 0) is 15.1 Å². The average molecular weight is 395 g/mol. The number of carbonyl (C=O) groups is 2. The molecule has 7 nitrogen and oxygen atoms in total. The summed E-state index contributed by atoms with van der Waals surface area (Å²) in [5.41, 5.74) is 1.85. The molecule has 1 fully saturated rings. The highest BCUT2D eigenvalue weighted by molar-refractivity contribution is 6.10. The quantitative estimate of drug-likeness (QED) is 0.636. The highest BCUT2D eigenvalue weighted by Gasteiger charge is 2.60. The number of anilines is 2. The molecule has 29 heavy (non-hydrogen) atoms. The van der Waals surface area contributed by atoms with Crippen molar-refractivity contribution in [2.45, 2.75) is 38.0 Å². The Morgan fingerprint density at radius 3 is 2.66 bits per heavy atom. The van der Waals surface area contributed by atoms with Crippen molar-refractivity contribution in [2.24, 2.45) is 5.92 Å². The zero-order valence-electron chi connectivity index (χ0n) is 16.7. The van der Waals surface area contributed by atoms with Crippen molar-refractivity contribution in [3.05, 3.63) is 53.6 Å². The number of aliphatic hydroxyl groups excluding tert-OH is 1. The van der Waals surface area contributed by atoms with E-state index in [0.29, 0.717) is 23.5 Å². The molecule has 0 unspecified atom stereocenters. The standard InChI is InChI=1S/C22H25N3O4/c1-12-4-9-18-16(10-12)22(21(28)24-18)17(11-19(25-22)13(2)26)20(27)23-14-5-7-15(29-3)8-6-14/h4-10,13,17,19,25-26H,11H2,1-3H3,(H,23,27)(H,24,28)/t13-,17-,19+,22-/m0/s1. The van der Waals surface area contributed by atoms with Crippen molar-refractivity contribution in [3.63, 3.8) is 0 Å². The molecule has 1 spiro atoms. The molecule has 7 heteroatoms. The van der Waals surface area contributed by atoms with Crippen LogP contribution in [0.5, 0.6) is 5.75 Å². The first-order valence-electron chi connectivity index (χ1n) is 9.68. The molecule has 2 aliphatic heterocycles. The van der Waals surface area contributed by atoms with Gasteiger partial charge in [-0.1, -0.05) is 17.7 Å². The number of rotatable bonds is 4. The number of aryl methyl sites for hydroxylation is 1. The zero-order chi connectivity index (χ0) is 20.8. The van der Waals surface area contributed by atoms with Gasteiger partial charge in [-0.25, -0.2) is 0 Å². The smallest absolute Gasteiger partial charge is 0.250 e. The Kier molecular flexibility index (Phi) is 4.80. The SMILES string of the molecule is COc1ccc(NC(=O)[C@@H]2C[C@H]([C@H](C)O)N[C@]23C(=O)Nc2ccc(C)cc23)cc1. The molecule has 4 rings (SSSR count). The summed E-state index contributed by atoms with van der Waals surface area (Å²) in [6.07, 6.45) is -0.354. The Hall–Kier alpha value is -2.90. The molecule has 2 aliphatic rings. The molecule has 1 saturated heterocycles. The predicted octanol–water partition coefficient (Wildman–Crippen LogP) is 2.15. The molecule has 0 aliphatic carbocycles. The van der Waals surface area contributed by atoms with Gasteiger partial charge in [0.25, 0.3) is 0 Å². The third-order valence-corrected chi connectivity index (χ3v) is 5.89. The fourth-order valence-corrected chi connectivity index (χ4v) is 4.33. The van der Waals surface area contributed by atoms with E-state index in [1.807, 2.05) is 25.1 Å². The van der Waals surface area contributed by atoms with E-state index in [1.165, 1.54) is 0 Å². The molecule has 4 atom stereocenters. The van der Waals surface area contributed by atoms with Gasteiger partial charge in [-0.3, -0.25) is 14.9 Å². The van der Waals surface area contributed by atoms with Gasteiger partial charge in [0, 0.05) is 23.0 Å². The Morgan fingerprint density at radius 2 is 2.00 bits per heavy atom. The van der Waals surface area contributed by atoms with E-state index in [-0.39, 0.29) is 17.9 Å². The number of hydrogen-bond donors (Lipinski definition) is 4. The number of hydrogen-bond acceptors (Lipinski definition) is 5. The minimum atomic E-state index is -1.21. The molecular formula is C22H25N3O4. The normalized spacial score (nSPS) is 26.1. The predicted molar refractivity (Wildman–Crippen MR) is 110 cm³/mol. The molecule has 4 N–H and O–H groups in total. The van der Waals surface area contributed by atoms with Crippen LogP contribution in [0.3, 0.4) is 0 Å². The fourth-order valence-electron chi connectivity index (χ4n) is 4.33. The summed E-state index contributed by atoms with van der Waals surface area (Å²) in [5.74, 6) is -0.519. The summed E-state index contributed by atoms with van der Waals surface area (Å²) < 4.78 is 5.15. The van der Waals surface area contributed by atoms with E-state index < -0.39 is 17.6 Å². The molecule has 0 aromatic heterocycles. The summed E-state index contributed by atoms with van der Waals surface area (Å²) in [7, 11) is 1.58. The van der Waals surface area contributed by atoms with Gasteiger partial charge in [-0.05, 0) is 50.6 Å². The van der Waals surface area contributed by atoms with Crippen LogP contribution in [0.25, 0.3) is 0 Å². The molecule has 152 valence electrons. The number of benzene rings is 2. The number of nitrogens with one attached hydrogen (secondary N) is 3. The van der Waals surface area contributed by atoms with E-state index >= 15 is 0 Å². The lowest BCUT2D eigenvalue weighted by Gasteiger charge is -2.29. The Morgan fingerprint density at radius 1 is 1.28 bits per heavy atom. The topological polar surface area (TPSA) is 99.7 Å². The second-order valence-electron chi connectivity index (χ2n) is 7.81. The first-order valence-corrected chi connectivity index (χ1v) is 9.68. The number of ether oxygens (including phenoxy) is 1. The van der Waals surface area contributed by atoms with Crippen LogP contribution in [0.4, 0.5) is 11.4 Å². The van der Waals surface area contributed by atoms with E-state index in [1.54, 1.807) is 38.3 Å². The van der Waals surface area contributed by atoms with Gasteiger partial charge in [0.2, 0.25) is 11.8 Å². The summed E-state index contributed by atoms with van der Waals surface area (Å²) in [6, 6.07) is 12.4. The number of aliphatic hydroxyl groups is 1. The van der Waals surface area contributed by atoms with E-state index in [2.05, 4.69) is 16.0 Å². The van der Waals surface area contributed by atoms with Crippen LogP contribution in [0, 0.1) is 12.8 Å². The van der Waals surface area contributed by atoms with Gasteiger partial charge in [0.1, 0.15) is 11.3 Å². The Labute approximate surface area is 169 Å². The fraction of sp³-hybridized carbons (Fsp3) is 0.364. The van der Waals surface area contributed by atoms with Crippen molar-refractivity contribution < 1.29 is 19.4 Å². The first kappa shape index (κ1) is 19.4. The minimum Gasteiger partial charge on any atom is -0.497 e. The monoisotopic (exact) mass is 395 g/mol. The lowest BCUT2D eigenvalue weighted by atomic mass is 9.79. The largest absolute Gasteiger partial charge is 0.497 e. The van der Waals surface area contributed by atoms with Crippen molar-refractivity contribution >= 4 is 23.2 Å². The van der Waals surface area contributed by atoms with E-state index in [0.717, 1.165) is 11.1 Å². The van der Waals surface area contributed by atoms with Crippen LogP contribution >= 0.6 is 0 Å². The maximum Gasteiger partial charge on any atom is 0.250 e. The molecule has 0 bridgehead atoms. The molecule has 0 saturated carbocycles. The van der Waals surface area contributed by atoms with Gasteiger partial charge in [0.05, 0.1) is 19.1 Å². The molecule has 2 amide bonds. The third kappa shape index (κ3) is 3.16. The lowest BCUT2D eigenvalue weighted by Crippen LogP contribution is -2.53. The van der Waals surface area contributed by atoms with Crippen LogP contribution in [0.15, 0.2) is 42.5 Å². The van der Waals surface area contributed by atoms with Crippen LogP contribution in [-0.4, -0.2) is 36.2 Å². The maximum atomic E-state index is 13.3. The summed E-state index contributed by atoms with van der Waals surface area (Å²) >= 11 is 0. The van der Waals surface area contributed by atoms with Crippen molar-refractivity contribution in [1.82, 2.24) is 5.32 Å². The first-order chi connectivity index (χ1) is 13.8. The maximum absolute atomic E-state index is 13.3. The van der Waals surface area contributed by atoms with Crippen molar-refractivity contribution in [1.29, 1.82) is 0 Å². The van der Waals surface area contributed by atoms with Crippen LogP contribution in [0.2, 0.25) is 0 Å². The average Bonchev–Trinajstić information content (AvgIpc) is 3.23. The molecule has 0 radical (unpaired) electrons. The molecule has 2 aromatic carbocycles. The second-order valence-corrected chi connectivity index (χ2v) is 7.81. The van der Waals surface area contributed by atoms with Gasteiger partial charge in [0.15, 0.2) is 0 Å². The Balaban J connectivity index is 1.71. The van der Waals surface area contributed by atoms with Gasteiger partial charge >= 0.3 is 0 Å². The summed E-state index contributed by atoms with van der Waals surface area (Å²) in [5, 5.41) is 19.3. The van der Waals surface area contributed by atoms with Gasteiger partial charge < -0.3 is 20.5 Å². The van der Waals surface area contributed by atoms with E-state index in [9.17, 15) is 14.7 Å². The molecule has 2 aromatic rings. The van der Waals surface area contributed by atoms with E-state index in [4.69, 9.17) is 4.74 Å². The summed E-state index contributed by atoms with van der Waals surface area (Å²) in [4.78, 5) is 26.4. The lowest BCUT2D eigenvalue weighted by molar-refractivity contribution is -0.130. The summed E-state index contributed by atoms with van der Waals surface area (Å²) in [6.45, 7) is 3.61. The van der Waals surface area contributed by atoms with Crippen molar-refractivity contribution in [3.8, 4) is 5.75 Å². The number of fused-ring (bicyclic) bond motifs is 2.